The van der Waals surface area contributed by atoms with Crippen molar-refractivity contribution in [3.63, 3.8) is 0 Å². The first-order valence-corrected chi connectivity index (χ1v) is 6.56. The van der Waals surface area contributed by atoms with E-state index in [1.165, 1.54) is 25.3 Å². The van der Waals surface area contributed by atoms with Gasteiger partial charge in [0.25, 0.3) is 5.91 Å². The third-order valence-electron chi connectivity index (χ3n) is 2.72. The van der Waals surface area contributed by atoms with Gasteiger partial charge in [0.15, 0.2) is 0 Å². The molecule has 1 unspecified atom stereocenters. The van der Waals surface area contributed by atoms with Crippen molar-refractivity contribution in [3.8, 4) is 5.75 Å². The monoisotopic (exact) mass is 335 g/mol. The zero-order chi connectivity index (χ0) is 17.5. The lowest BCUT2D eigenvalue weighted by molar-refractivity contribution is -0.157. The van der Waals surface area contributed by atoms with Gasteiger partial charge in [0.2, 0.25) is 0 Å². The van der Waals surface area contributed by atoms with Gasteiger partial charge in [-0.2, -0.15) is 13.2 Å². The number of hydrogen-bond donors (Lipinski definition) is 2. The summed E-state index contributed by atoms with van der Waals surface area (Å²) in [5.41, 5.74) is -0.0583. The van der Waals surface area contributed by atoms with Crippen LogP contribution in [0.1, 0.15) is 16.8 Å². The van der Waals surface area contributed by atoms with Gasteiger partial charge in [-0.3, -0.25) is 4.79 Å². The van der Waals surface area contributed by atoms with E-state index in [0.717, 1.165) is 0 Å². The maximum atomic E-state index is 12.4. The van der Waals surface area contributed by atoms with Gasteiger partial charge >= 0.3 is 12.1 Å². The Bertz CT molecular complexity index is 547. The van der Waals surface area contributed by atoms with Crippen molar-refractivity contribution in [2.75, 3.05) is 20.3 Å². The highest BCUT2D eigenvalue weighted by Gasteiger charge is 2.36. The van der Waals surface area contributed by atoms with E-state index in [9.17, 15) is 22.8 Å². The molecule has 9 heteroatoms. The molecule has 1 amide bonds. The smallest absolute Gasteiger partial charge is 0.391 e. The average molecular weight is 335 g/mol. The minimum atomic E-state index is -4.72. The Morgan fingerprint density at radius 2 is 1.91 bits per heavy atom. The molecule has 1 rings (SSSR count). The molecule has 0 saturated carbocycles. The molecule has 0 aliphatic carbocycles. The zero-order valence-corrected chi connectivity index (χ0v) is 12.2. The Kier molecular flexibility index (Phi) is 6.83. The SMILES string of the molecule is COCCOc1ccccc1C(=O)NC(CC(F)(F)F)C(=O)O. The van der Waals surface area contributed by atoms with E-state index < -0.39 is 30.5 Å². The quantitative estimate of drug-likeness (QED) is 0.708. The van der Waals surface area contributed by atoms with Crippen molar-refractivity contribution < 1.29 is 37.3 Å². The molecule has 0 fully saturated rings. The minimum absolute atomic E-state index is 0.0583. The summed E-state index contributed by atoms with van der Waals surface area (Å²) < 4.78 is 47.1. The fourth-order valence-corrected chi connectivity index (χ4v) is 1.68. The van der Waals surface area contributed by atoms with Gasteiger partial charge in [0.05, 0.1) is 18.6 Å². The largest absolute Gasteiger partial charge is 0.490 e. The molecule has 0 heterocycles. The van der Waals surface area contributed by atoms with Gasteiger partial charge in [-0.1, -0.05) is 12.1 Å². The predicted octanol–water partition coefficient (Wildman–Crippen LogP) is 1.85. The van der Waals surface area contributed by atoms with E-state index in [2.05, 4.69) is 0 Å². The fourth-order valence-electron chi connectivity index (χ4n) is 1.68. The number of aliphatic carboxylic acids is 1. The molecule has 0 aliphatic heterocycles. The summed E-state index contributed by atoms with van der Waals surface area (Å²) in [6, 6.07) is 3.75. The summed E-state index contributed by atoms with van der Waals surface area (Å²) in [6.07, 6.45) is -6.38. The van der Waals surface area contributed by atoms with Crippen LogP contribution >= 0.6 is 0 Å². The highest BCUT2D eigenvalue weighted by atomic mass is 19.4. The van der Waals surface area contributed by atoms with Crippen molar-refractivity contribution in [1.82, 2.24) is 5.32 Å². The number of ether oxygens (including phenoxy) is 2. The van der Waals surface area contributed by atoms with Crippen LogP contribution < -0.4 is 10.1 Å². The summed E-state index contributed by atoms with van der Waals surface area (Å²) in [5, 5.41) is 10.7. The predicted molar refractivity (Wildman–Crippen MR) is 73.4 cm³/mol. The van der Waals surface area contributed by atoms with Crippen LogP contribution in [0.2, 0.25) is 0 Å². The molecular formula is C14H16F3NO5. The van der Waals surface area contributed by atoms with Crippen molar-refractivity contribution in [3.05, 3.63) is 29.8 Å². The van der Waals surface area contributed by atoms with Crippen LogP contribution in [0.5, 0.6) is 5.75 Å². The lowest BCUT2D eigenvalue weighted by Gasteiger charge is -2.17. The number of nitrogens with one attached hydrogen (secondary N) is 1. The van der Waals surface area contributed by atoms with Crippen molar-refractivity contribution in [2.24, 2.45) is 0 Å². The Hall–Kier alpha value is -2.29. The van der Waals surface area contributed by atoms with Crippen LogP contribution in [0.3, 0.4) is 0 Å². The van der Waals surface area contributed by atoms with Crippen LogP contribution in [0.4, 0.5) is 13.2 Å². The molecule has 6 nitrogen and oxygen atoms in total. The minimum Gasteiger partial charge on any atom is -0.490 e. The molecule has 23 heavy (non-hydrogen) atoms. The average Bonchev–Trinajstić information content (AvgIpc) is 2.45. The van der Waals surface area contributed by atoms with Crippen LogP contribution in [0.25, 0.3) is 0 Å². The third-order valence-corrected chi connectivity index (χ3v) is 2.72. The fraction of sp³-hybridized carbons (Fsp3) is 0.429. The van der Waals surface area contributed by atoms with Crippen molar-refractivity contribution >= 4 is 11.9 Å². The van der Waals surface area contributed by atoms with Gasteiger partial charge in [-0.05, 0) is 12.1 Å². The highest BCUT2D eigenvalue weighted by Crippen LogP contribution is 2.23. The Labute approximate surface area is 130 Å². The lowest BCUT2D eigenvalue weighted by Crippen LogP contribution is -2.43. The summed E-state index contributed by atoms with van der Waals surface area (Å²) in [7, 11) is 1.45. The summed E-state index contributed by atoms with van der Waals surface area (Å²) in [6.45, 7) is 0.382. The number of carbonyl (C=O) groups is 2. The molecule has 0 spiro atoms. The zero-order valence-electron chi connectivity index (χ0n) is 12.2. The number of halogens is 3. The topological polar surface area (TPSA) is 84.9 Å². The molecule has 0 aliphatic rings. The van der Waals surface area contributed by atoms with Gasteiger partial charge in [0, 0.05) is 7.11 Å². The first-order valence-electron chi connectivity index (χ1n) is 6.56. The van der Waals surface area contributed by atoms with Gasteiger partial charge in [-0.25, -0.2) is 4.79 Å². The molecule has 0 bridgehead atoms. The van der Waals surface area contributed by atoms with E-state index in [-0.39, 0.29) is 24.5 Å². The van der Waals surface area contributed by atoms with E-state index in [1.807, 2.05) is 5.32 Å². The highest BCUT2D eigenvalue weighted by molar-refractivity contribution is 5.98. The number of carboxylic acids is 1. The first-order chi connectivity index (χ1) is 10.7. The Morgan fingerprint density at radius 3 is 2.48 bits per heavy atom. The molecule has 1 aromatic rings. The van der Waals surface area contributed by atoms with Crippen molar-refractivity contribution in [2.45, 2.75) is 18.6 Å². The third kappa shape index (κ3) is 6.55. The summed E-state index contributed by atoms with van der Waals surface area (Å²) >= 11 is 0. The number of benzene rings is 1. The molecule has 0 radical (unpaired) electrons. The van der Waals surface area contributed by atoms with Crippen LogP contribution in [-0.2, 0) is 9.53 Å². The van der Waals surface area contributed by atoms with Crippen LogP contribution in [0, 0.1) is 0 Å². The number of hydrogen-bond acceptors (Lipinski definition) is 4. The summed E-state index contributed by atoms with van der Waals surface area (Å²) in [5.74, 6) is -2.61. The number of rotatable bonds is 8. The molecule has 2 N–H and O–H groups in total. The van der Waals surface area contributed by atoms with Crippen molar-refractivity contribution in [1.29, 1.82) is 0 Å². The Balaban J connectivity index is 2.85. The number of alkyl halides is 3. The van der Waals surface area contributed by atoms with E-state index in [0.29, 0.717) is 0 Å². The number of methoxy groups -OCH3 is 1. The standard InChI is InChI=1S/C14H16F3NO5/c1-22-6-7-23-11-5-3-2-4-9(11)12(19)18-10(13(20)21)8-14(15,16)17/h2-5,10H,6-8H2,1H3,(H,18,19)(H,20,21). The van der Waals surface area contributed by atoms with E-state index in [1.54, 1.807) is 6.07 Å². The molecule has 1 atom stereocenters. The maximum Gasteiger partial charge on any atom is 0.391 e. The first kappa shape index (κ1) is 18.8. The number of amides is 1. The van der Waals surface area contributed by atoms with Gasteiger partial charge in [-0.15, -0.1) is 0 Å². The summed E-state index contributed by atoms with van der Waals surface area (Å²) in [4.78, 5) is 22.9. The molecule has 0 aromatic heterocycles. The van der Waals surface area contributed by atoms with Crippen LogP contribution in [-0.4, -0.2) is 49.5 Å². The lowest BCUT2D eigenvalue weighted by atomic mass is 10.1. The van der Waals surface area contributed by atoms with E-state index in [4.69, 9.17) is 14.6 Å². The number of carbonyl (C=O) groups excluding carboxylic acids is 1. The Morgan fingerprint density at radius 1 is 1.26 bits per heavy atom. The molecule has 0 saturated heterocycles. The maximum absolute atomic E-state index is 12.4. The van der Waals surface area contributed by atoms with Crippen LogP contribution in [0.15, 0.2) is 24.3 Å². The van der Waals surface area contributed by atoms with Gasteiger partial charge < -0.3 is 19.9 Å². The molecular weight excluding hydrogens is 319 g/mol. The molecule has 1 aromatic carbocycles. The van der Waals surface area contributed by atoms with Gasteiger partial charge in [0.1, 0.15) is 18.4 Å². The number of carboxylic acid groups (broad SMARTS) is 1. The van der Waals surface area contributed by atoms with E-state index >= 15 is 0 Å². The second kappa shape index (κ2) is 8.37. The number of para-hydroxylation sites is 1. The second-order valence-corrected chi connectivity index (χ2v) is 4.52. The second-order valence-electron chi connectivity index (χ2n) is 4.52. The normalized spacial score (nSPS) is 12.5. The molecule has 128 valence electrons.